The largest absolute Gasteiger partial charge is 0.434 e. The van der Waals surface area contributed by atoms with Crippen LogP contribution >= 0.6 is 0 Å². The second-order valence-electron chi connectivity index (χ2n) is 8.63. The fraction of sp³-hybridized carbons (Fsp3) is 0.524. The first-order chi connectivity index (χ1) is 16.6. The number of alkyl halides is 5. The van der Waals surface area contributed by atoms with E-state index < -0.39 is 30.3 Å². The maximum absolute atomic E-state index is 13.0. The molecule has 1 aliphatic rings. The third-order valence-electron chi connectivity index (χ3n) is 6.18. The van der Waals surface area contributed by atoms with Crippen molar-refractivity contribution in [2.45, 2.75) is 38.4 Å². The summed E-state index contributed by atoms with van der Waals surface area (Å²) in [4.78, 5) is 31.1. The molecule has 0 spiro atoms. The lowest BCUT2D eigenvalue weighted by Crippen LogP contribution is -2.46. The number of carbonyl (C=O) groups excluding carboxylic acids is 1. The summed E-state index contributed by atoms with van der Waals surface area (Å²) in [7, 11) is 1.62. The molecule has 4 heterocycles. The number of carbonyl (C=O) groups is 1. The highest BCUT2D eigenvalue weighted by molar-refractivity contribution is 5.71. The highest BCUT2D eigenvalue weighted by atomic mass is 19.4. The van der Waals surface area contributed by atoms with Crippen molar-refractivity contribution in [3.63, 3.8) is 0 Å². The van der Waals surface area contributed by atoms with Crippen LogP contribution in [0.4, 0.5) is 33.6 Å². The lowest BCUT2D eigenvalue weighted by molar-refractivity contribution is -0.141. The third kappa shape index (κ3) is 5.46. The second kappa shape index (κ2) is 9.66. The summed E-state index contributed by atoms with van der Waals surface area (Å²) in [5.74, 6) is 0.571. The minimum atomic E-state index is -4.61. The zero-order valence-corrected chi connectivity index (χ0v) is 18.8. The molecule has 0 saturated carbocycles. The van der Waals surface area contributed by atoms with Crippen LogP contribution in [-0.4, -0.2) is 69.1 Å². The lowest BCUT2D eigenvalue weighted by atomic mass is 9.75. The number of anilines is 2. The van der Waals surface area contributed by atoms with Gasteiger partial charge in [0.2, 0.25) is 0 Å². The normalized spacial score (nSPS) is 16.1. The Labute approximate surface area is 197 Å². The monoisotopic (exact) mass is 498 g/mol. The molecule has 0 amide bonds. The first kappa shape index (κ1) is 24.7. The summed E-state index contributed by atoms with van der Waals surface area (Å²) in [5.41, 5.74) is -0.903. The van der Waals surface area contributed by atoms with Crippen LogP contribution in [0.1, 0.15) is 25.0 Å². The summed E-state index contributed by atoms with van der Waals surface area (Å²) < 4.78 is 65.9. The van der Waals surface area contributed by atoms with Crippen molar-refractivity contribution in [3.8, 4) is 0 Å². The Morgan fingerprint density at radius 1 is 1.14 bits per heavy atom. The van der Waals surface area contributed by atoms with Gasteiger partial charge in [0.05, 0.1) is 24.8 Å². The summed E-state index contributed by atoms with van der Waals surface area (Å²) in [6.45, 7) is 0.717. The lowest BCUT2D eigenvalue weighted by Gasteiger charge is -2.43. The van der Waals surface area contributed by atoms with Gasteiger partial charge in [0.1, 0.15) is 30.0 Å². The van der Waals surface area contributed by atoms with E-state index in [1.807, 2.05) is 4.90 Å². The predicted octanol–water partition coefficient (Wildman–Crippen LogP) is 3.21. The summed E-state index contributed by atoms with van der Waals surface area (Å²) >= 11 is 0. The second-order valence-corrected chi connectivity index (χ2v) is 8.63. The van der Waals surface area contributed by atoms with Gasteiger partial charge in [-0.2, -0.15) is 18.3 Å². The Bertz CT molecular complexity index is 1180. The number of aldehydes is 1. The van der Waals surface area contributed by atoms with Gasteiger partial charge in [-0.05, 0) is 18.3 Å². The molecule has 188 valence electrons. The first-order valence-corrected chi connectivity index (χ1v) is 10.9. The molecule has 1 aliphatic heterocycles. The zero-order chi connectivity index (χ0) is 25.2. The van der Waals surface area contributed by atoms with E-state index in [0.717, 1.165) is 11.0 Å². The number of hydrogen-bond donors (Lipinski definition) is 0. The van der Waals surface area contributed by atoms with Gasteiger partial charge in [0, 0.05) is 33.1 Å². The van der Waals surface area contributed by atoms with Crippen LogP contribution in [0.3, 0.4) is 0 Å². The molecule has 0 radical (unpaired) electrons. The van der Waals surface area contributed by atoms with E-state index in [1.165, 1.54) is 12.4 Å². The van der Waals surface area contributed by atoms with Crippen molar-refractivity contribution in [3.05, 3.63) is 30.5 Å². The third-order valence-corrected chi connectivity index (χ3v) is 6.18. The minimum absolute atomic E-state index is 0.0659. The van der Waals surface area contributed by atoms with Crippen molar-refractivity contribution in [1.82, 2.24) is 29.7 Å². The van der Waals surface area contributed by atoms with E-state index in [2.05, 4.69) is 25.0 Å². The maximum Gasteiger partial charge on any atom is 0.434 e. The van der Waals surface area contributed by atoms with Crippen LogP contribution in [-0.2, 0) is 17.5 Å². The molecule has 1 saturated heterocycles. The SMILES string of the molecule is CN(CC1(CC=O)CCN(c2cnc3cnn(CC(F)F)c3n2)CC1)c1cncc(C(F)(F)F)n1. The molecule has 0 unspecified atom stereocenters. The van der Waals surface area contributed by atoms with Crippen LogP contribution in [0.15, 0.2) is 24.8 Å². The molecule has 0 atom stereocenters. The highest BCUT2D eigenvalue weighted by Gasteiger charge is 2.37. The molecule has 0 N–H and O–H groups in total. The van der Waals surface area contributed by atoms with E-state index in [-0.39, 0.29) is 17.9 Å². The van der Waals surface area contributed by atoms with Crippen molar-refractivity contribution in [2.75, 3.05) is 36.5 Å². The van der Waals surface area contributed by atoms with E-state index in [4.69, 9.17) is 0 Å². The first-order valence-electron chi connectivity index (χ1n) is 10.9. The molecular formula is C21H23F5N8O. The molecule has 14 heteroatoms. The minimum Gasteiger partial charge on any atom is -0.358 e. The van der Waals surface area contributed by atoms with Gasteiger partial charge in [0.15, 0.2) is 11.3 Å². The molecule has 0 aromatic carbocycles. The highest BCUT2D eigenvalue weighted by Crippen LogP contribution is 2.37. The molecule has 35 heavy (non-hydrogen) atoms. The van der Waals surface area contributed by atoms with E-state index >= 15 is 0 Å². The Balaban J connectivity index is 1.49. The van der Waals surface area contributed by atoms with Gasteiger partial charge in [0.25, 0.3) is 6.43 Å². The van der Waals surface area contributed by atoms with Crippen LogP contribution < -0.4 is 9.80 Å². The van der Waals surface area contributed by atoms with Crippen molar-refractivity contribution < 1.29 is 26.7 Å². The fourth-order valence-corrected chi connectivity index (χ4v) is 4.33. The summed E-state index contributed by atoms with van der Waals surface area (Å²) in [6.07, 6.45) is -0.186. The molecule has 3 aromatic rings. The molecule has 0 aliphatic carbocycles. The smallest absolute Gasteiger partial charge is 0.358 e. The number of aromatic nitrogens is 6. The average Bonchev–Trinajstić information content (AvgIpc) is 3.20. The van der Waals surface area contributed by atoms with Crippen LogP contribution in [0.5, 0.6) is 0 Å². The zero-order valence-electron chi connectivity index (χ0n) is 18.8. The van der Waals surface area contributed by atoms with E-state index in [1.54, 1.807) is 18.1 Å². The Hall–Kier alpha value is -3.45. The fourth-order valence-electron chi connectivity index (χ4n) is 4.33. The molecule has 1 fully saturated rings. The van der Waals surface area contributed by atoms with Crippen LogP contribution in [0.25, 0.3) is 11.2 Å². The quantitative estimate of drug-likeness (QED) is 0.345. The molecular weight excluding hydrogens is 475 g/mol. The Kier molecular flexibility index (Phi) is 6.81. The number of fused-ring (bicyclic) bond motifs is 1. The standard InChI is InChI=1S/C21H23F5N8O/c1-32(17-10-27-9-15(30-17)21(24,25)26)13-20(4-7-35)2-5-33(6-3-20)18-11-28-14-8-29-34(12-16(22)23)19(14)31-18/h7-11,16H,2-6,12-13H2,1H3. The van der Waals surface area contributed by atoms with Crippen LogP contribution in [0, 0.1) is 5.41 Å². The molecule has 4 rings (SSSR count). The van der Waals surface area contributed by atoms with Gasteiger partial charge in [-0.15, -0.1) is 0 Å². The molecule has 9 nitrogen and oxygen atoms in total. The molecule has 0 bridgehead atoms. The number of rotatable bonds is 8. The van der Waals surface area contributed by atoms with Gasteiger partial charge in [-0.3, -0.25) is 4.98 Å². The Morgan fingerprint density at radius 3 is 2.54 bits per heavy atom. The summed E-state index contributed by atoms with van der Waals surface area (Å²) in [6, 6.07) is 0. The van der Waals surface area contributed by atoms with E-state index in [9.17, 15) is 26.7 Å². The van der Waals surface area contributed by atoms with Gasteiger partial charge in [-0.1, -0.05) is 0 Å². The van der Waals surface area contributed by atoms with Crippen molar-refractivity contribution >= 4 is 29.1 Å². The predicted molar refractivity (Wildman–Crippen MR) is 116 cm³/mol. The summed E-state index contributed by atoms with van der Waals surface area (Å²) in [5, 5.41) is 3.92. The van der Waals surface area contributed by atoms with Crippen molar-refractivity contribution in [2.24, 2.45) is 5.41 Å². The van der Waals surface area contributed by atoms with Crippen LogP contribution in [0.2, 0.25) is 0 Å². The number of nitrogens with zero attached hydrogens (tertiary/aromatic N) is 8. The van der Waals surface area contributed by atoms with Gasteiger partial charge < -0.3 is 14.6 Å². The topological polar surface area (TPSA) is 92.9 Å². The maximum atomic E-state index is 13.0. The number of hydrogen-bond acceptors (Lipinski definition) is 8. The van der Waals surface area contributed by atoms with Gasteiger partial charge in [-0.25, -0.2) is 28.4 Å². The number of piperidine rings is 1. The average molecular weight is 498 g/mol. The van der Waals surface area contributed by atoms with E-state index in [0.29, 0.717) is 50.0 Å². The molecule has 3 aromatic heterocycles. The van der Waals surface area contributed by atoms with Gasteiger partial charge >= 0.3 is 6.18 Å². The van der Waals surface area contributed by atoms with Crippen molar-refractivity contribution in [1.29, 1.82) is 0 Å². The Morgan fingerprint density at radius 2 is 1.89 bits per heavy atom. The number of halogens is 5.